The van der Waals surface area contributed by atoms with E-state index in [0.29, 0.717) is 13.0 Å². The highest BCUT2D eigenvalue weighted by molar-refractivity contribution is 5.75. The Kier molecular flexibility index (Phi) is 4.27. The minimum absolute atomic E-state index is 0.106. The van der Waals surface area contributed by atoms with Crippen LogP contribution in [0.5, 0.6) is 0 Å². The van der Waals surface area contributed by atoms with Crippen molar-refractivity contribution in [3.8, 4) is 12.1 Å². The van der Waals surface area contributed by atoms with Crippen molar-refractivity contribution in [3.63, 3.8) is 0 Å². The minimum atomic E-state index is -0.192. The van der Waals surface area contributed by atoms with Gasteiger partial charge in [0.05, 0.1) is 24.2 Å². The fourth-order valence-electron chi connectivity index (χ4n) is 1.93. The number of rotatable bonds is 3. The lowest BCUT2D eigenvalue weighted by molar-refractivity contribution is -0.117. The summed E-state index contributed by atoms with van der Waals surface area (Å²) in [6.07, 6.45) is 2.97. The van der Waals surface area contributed by atoms with E-state index in [1.54, 1.807) is 0 Å². The second kappa shape index (κ2) is 5.48. The van der Waals surface area contributed by atoms with Crippen LogP contribution in [-0.4, -0.2) is 29.3 Å². The highest BCUT2D eigenvalue weighted by Gasteiger charge is 2.30. The third-order valence-corrected chi connectivity index (χ3v) is 2.78. The summed E-state index contributed by atoms with van der Waals surface area (Å²) in [6.45, 7) is 2.07. The number of nitriles is 2. The van der Waals surface area contributed by atoms with E-state index in [4.69, 9.17) is 10.5 Å². The van der Waals surface area contributed by atoms with Gasteiger partial charge in [0, 0.05) is 13.0 Å². The van der Waals surface area contributed by atoms with E-state index in [-0.39, 0.29) is 17.9 Å². The third kappa shape index (κ3) is 3.04. The second-order valence-electron chi connectivity index (χ2n) is 3.91. The van der Waals surface area contributed by atoms with E-state index in [1.807, 2.05) is 4.90 Å². The Balaban J connectivity index is 2.64. The van der Waals surface area contributed by atoms with Crippen molar-refractivity contribution in [3.05, 3.63) is 0 Å². The molecule has 0 aliphatic carbocycles. The molecule has 80 valence electrons. The van der Waals surface area contributed by atoms with Crippen LogP contribution in [0.25, 0.3) is 0 Å². The Hall–Kier alpha value is -1.39. The number of ketones is 1. The smallest absolute Gasteiger partial charge is 0.131 e. The molecular formula is C11H15N3O. The average molecular weight is 205 g/mol. The number of carbonyl (C=O) groups excluding carboxylic acids is 1. The van der Waals surface area contributed by atoms with E-state index < -0.39 is 0 Å². The van der Waals surface area contributed by atoms with Gasteiger partial charge in [0.25, 0.3) is 0 Å². The van der Waals surface area contributed by atoms with Crippen LogP contribution in [0.15, 0.2) is 0 Å². The lowest BCUT2D eigenvalue weighted by Crippen LogP contribution is -2.46. The highest BCUT2D eigenvalue weighted by Crippen LogP contribution is 2.22. The van der Waals surface area contributed by atoms with Gasteiger partial charge in [0.15, 0.2) is 0 Å². The maximum absolute atomic E-state index is 10.9. The summed E-state index contributed by atoms with van der Waals surface area (Å²) >= 11 is 0. The maximum Gasteiger partial charge on any atom is 0.131 e. The van der Waals surface area contributed by atoms with Gasteiger partial charge in [-0.1, -0.05) is 0 Å². The zero-order valence-electron chi connectivity index (χ0n) is 8.94. The molecule has 4 heteroatoms. The predicted octanol–water partition coefficient (Wildman–Crippen LogP) is 1.24. The average Bonchev–Trinajstić information content (AvgIpc) is 2.25. The summed E-state index contributed by atoms with van der Waals surface area (Å²) in [6, 6.07) is 4.03. The van der Waals surface area contributed by atoms with E-state index in [9.17, 15) is 4.79 Å². The van der Waals surface area contributed by atoms with E-state index in [0.717, 1.165) is 19.3 Å². The molecule has 15 heavy (non-hydrogen) atoms. The number of piperidine rings is 1. The van der Waals surface area contributed by atoms with Gasteiger partial charge in [0.2, 0.25) is 0 Å². The second-order valence-corrected chi connectivity index (χ2v) is 3.91. The first-order valence-electron chi connectivity index (χ1n) is 5.23. The SMILES string of the molecule is CC(=O)CCN1[C@@H](C#N)CCC[C@@H]1C#N. The minimum Gasteiger partial charge on any atom is -0.300 e. The van der Waals surface area contributed by atoms with Crippen molar-refractivity contribution >= 4 is 5.78 Å². The standard InChI is InChI=1S/C11H15N3O/c1-9(15)5-6-14-10(7-12)3-2-4-11(14)8-13/h10-11H,2-6H2,1H3/t10-,11-/m1/s1. The lowest BCUT2D eigenvalue weighted by Gasteiger charge is -2.34. The topological polar surface area (TPSA) is 67.9 Å². The van der Waals surface area contributed by atoms with Crippen LogP contribution in [0.1, 0.15) is 32.6 Å². The van der Waals surface area contributed by atoms with Crippen molar-refractivity contribution in [2.75, 3.05) is 6.54 Å². The summed E-state index contributed by atoms with van der Waals surface area (Å²) in [5.41, 5.74) is 0. The number of likely N-dealkylation sites (tertiary alicyclic amines) is 1. The van der Waals surface area contributed by atoms with Crippen molar-refractivity contribution < 1.29 is 4.79 Å². The zero-order valence-corrected chi connectivity index (χ0v) is 8.94. The van der Waals surface area contributed by atoms with E-state index in [2.05, 4.69) is 12.1 Å². The monoisotopic (exact) mass is 205 g/mol. The first-order chi connectivity index (χ1) is 7.19. The van der Waals surface area contributed by atoms with Crippen LogP contribution in [0, 0.1) is 22.7 Å². The zero-order chi connectivity index (χ0) is 11.3. The summed E-state index contributed by atoms with van der Waals surface area (Å²) in [5.74, 6) is 0.106. The van der Waals surface area contributed by atoms with Crippen molar-refractivity contribution in [1.82, 2.24) is 4.90 Å². The Bertz CT molecular complexity index is 291. The molecule has 1 heterocycles. The number of carbonyl (C=O) groups is 1. The van der Waals surface area contributed by atoms with Crippen molar-refractivity contribution in [2.45, 2.75) is 44.7 Å². The molecule has 0 unspecified atom stereocenters. The molecule has 1 fully saturated rings. The number of nitrogens with zero attached hydrogens (tertiary/aromatic N) is 3. The number of Topliss-reactive ketones (excluding diaryl/α,β-unsaturated/α-hetero) is 1. The molecule has 1 aliphatic heterocycles. The van der Waals surface area contributed by atoms with E-state index in [1.165, 1.54) is 6.92 Å². The summed E-state index contributed by atoms with van der Waals surface area (Å²) in [4.78, 5) is 12.7. The molecule has 0 bridgehead atoms. The Morgan fingerprint density at radius 1 is 1.33 bits per heavy atom. The van der Waals surface area contributed by atoms with Gasteiger partial charge >= 0.3 is 0 Å². The molecule has 0 radical (unpaired) electrons. The molecule has 0 aromatic rings. The van der Waals surface area contributed by atoms with Crippen molar-refractivity contribution in [1.29, 1.82) is 10.5 Å². The van der Waals surface area contributed by atoms with Crippen LogP contribution < -0.4 is 0 Å². The van der Waals surface area contributed by atoms with Crippen LogP contribution in [0.3, 0.4) is 0 Å². The Morgan fingerprint density at radius 3 is 2.27 bits per heavy atom. The molecule has 1 saturated heterocycles. The fraction of sp³-hybridized carbons (Fsp3) is 0.727. The molecule has 0 aromatic heterocycles. The molecular weight excluding hydrogens is 190 g/mol. The molecule has 0 amide bonds. The lowest BCUT2D eigenvalue weighted by atomic mass is 9.96. The van der Waals surface area contributed by atoms with Crippen LogP contribution in [0.2, 0.25) is 0 Å². The van der Waals surface area contributed by atoms with Crippen LogP contribution in [0.4, 0.5) is 0 Å². The summed E-state index contributed by atoms with van der Waals surface area (Å²) in [7, 11) is 0. The molecule has 0 saturated carbocycles. The van der Waals surface area contributed by atoms with Gasteiger partial charge in [0.1, 0.15) is 5.78 Å². The van der Waals surface area contributed by atoms with Gasteiger partial charge in [-0.3, -0.25) is 9.69 Å². The van der Waals surface area contributed by atoms with Gasteiger partial charge in [-0.05, 0) is 26.2 Å². The third-order valence-electron chi connectivity index (χ3n) is 2.78. The molecule has 1 aliphatic rings. The first-order valence-corrected chi connectivity index (χ1v) is 5.23. The Morgan fingerprint density at radius 2 is 1.87 bits per heavy atom. The normalized spacial score (nSPS) is 26.6. The number of hydrogen-bond acceptors (Lipinski definition) is 4. The molecule has 4 nitrogen and oxygen atoms in total. The highest BCUT2D eigenvalue weighted by atomic mass is 16.1. The fourth-order valence-corrected chi connectivity index (χ4v) is 1.93. The largest absolute Gasteiger partial charge is 0.300 e. The summed E-state index contributed by atoms with van der Waals surface area (Å²) in [5, 5.41) is 17.9. The maximum atomic E-state index is 10.9. The van der Waals surface area contributed by atoms with Crippen LogP contribution >= 0.6 is 0 Å². The number of hydrogen-bond donors (Lipinski definition) is 0. The predicted molar refractivity (Wildman–Crippen MR) is 54.7 cm³/mol. The van der Waals surface area contributed by atoms with Gasteiger partial charge in [-0.2, -0.15) is 10.5 Å². The molecule has 0 aromatic carbocycles. The van der Waals surface area contributed by atoms with E-state index >= 15 is 0 Å². The first kappa shape index (κ1) is 11.7. The Labute approximate surface area is 90.1 Å². The molecule has 0 N–H and O–H groups in total. The van der Waals surface area contributed by atoms with Gasteiger partial charge in [-0.15, -0.1) is 0 Å². The summed E-state index contributed by atoms with van der Waals surface area (Å²) < 4.78 is 0. The quantitative estimate of drug-likeness (QED) is 0.695. The van der Waals surface area contributed by atoms with Gasteiger partial charge < -0.3 is 0 Å². The van der Waals surface area contributed by atoms with Gasteiger partial charge in [-0.25, -0.2) is 0 Å². The molecule has 2 atom stereocenters. The molecule has 0 spiro atoms. The van der Waals surface area contributed by atoms with Crippen LogP contribution in [-0.2, 0) is 4.79 Å². The van der Waals surface area contributed by atoms with Crippen molar-refractivity contribution in [2.24, 2.45) is 0 Å². The molecule has 1 rings (SSSR count).